The van der Waals surface area contributed by atoms with Crippen molar-refractivity contribution in [3.63, 3.8) is 0 Å². The maximum Gasteiger partial charge on any atom is 0.391 e. The Morgan fingerprint density at radius 1 is 0.941 bits per heavy atom. The first-order valence-corrected chi connectivity index (χ1v) is 11.8. The number of piperidine rings is 2. The van der Waals surface area contributed by atoms with E-state index in [2.05, 4.69) is 45.4 Å². The molecule has 6 nitrogen and oxygen atoms in total. The van der Waals surface area contributed by atoms with Gasteiger partial charge in [0.05, 0.1) is 18.2 Å². The molecule has 2 aliphatic rings. The maximum atomic E-state index is 13.0. The van der Waals surface area contributed by atoms with Crippen LogP contribution in [0.1, 0.15) is 48.6 Å². The molecule has 2 aliphatic heterocycles. The Morgan fingerprint density at radius 2 is 1.65 bits per heavy atom. The van der Waals surface area contributed by atoms with Gasteiger partial charge in [-0.3, -0.25) is 9.30 Å². The number of likely N-dealkylation sites (tertiary alicyclic amines) is 1. The third-order valence-corrected chi connectivity index (χ3v) is 7.26. The molecule has 0 aliphatic carbocycles. The Morgan fingerprint density at radius 3 is 2.29 bits per heavy atom. The Bertz CT molecular complexity index is 1170. The van der Waals surface area contributed by atoms with Gasteiger partial charge in [0.1, 0.15) is 11.6 Å². The van der Waals surface area contributed by atoms with Crippen LogP contribution in [-0.2, 0) is 6.54 Å². The van der Waals surface area contributed by atoms with Crippen molar-refractivity contribution in [2.75, 3.05) is 31.1 Å². The fourth-order valence-corrected chi connectivity index (χ4v) is 5.27. The van der Waals surface area contributed by atoms with Crippen molar-refractivity contribution >= 4 is 11.3 Å². The molecule has 0 spiro atoms. The number of benzene rings is 1. The fourth-order valence-electron chi connectivity index (χ4n) is 5.27. The van der Waals surface area contributed by atoms with Gasteiger partial charge in [0.25, 0.3) is 0 Å². The van der Waals surface area contributed by atoms with Crippen molar-refractivity contribution in [3.8, 4) is 6.07 Å². The third kappa shape index (κ3) is 4.47. The highest BCUT2D eigenvalue weighted by atomic mass is 19.4. The van der Waals surface area contributed by atoms with Gasteiger partial charge < -0.3 is 4.90 Å². The summed E-state index contributed by atoms with van der Waals surface area (Å²) in [5.74, 6) is -0.0585. The molecule has 0 atom stereocenters. The molecule has 178 valence electrons. The van der Waals surface area contributed by atoms with E-state index in [4.69, 9.17) is 0 Å². The Balaban J connectivity index is 1.29. The molecular formula is C25H27F3N6. The number of alkyl halides is 3. The van der Waals surface area contributed by atoms with Crippen LogP contribution < -0.4 is 4.90 Å². The van der Waals surface area contributed by atoms with Gasteiger partial charge in [-0.1, -0.05) is 30.3 Å². The molecule has 5 rings (SSSR count). The number of nitriles is 1. The molecule has 34 heavy (non-hydrogen) atoms. The molecule has 9 heteroatoms. The summed E-state index contributed by atoms with van der Waals surface area (Å²) in [5, 5.41) is 18.5. The van der Waals surface area contributed by atoms with Gasteiger partial charge in [0.15, 0.2) is 11.5 Å². The fraction of sp³-hybridized carbons (Fsp3) is 0.480. The molecule has 0 amide bonds. The van der Waals surface area contributed by atoms with Crippen LogP contribution >= 0.6 is 0 Å². The lowest BCUT2D eigenvalue weighted by Crippen LogP contribution is -2.38. The van der Waals surface area contributed by atoms with E-state index in [0.717, 1.165) is 31.6 Å². The zero-order chi connectivity index (χ0) is 23.7. The minimum atomic E-state index is -4.12. The second-order valence-electron chi connectivity index (χ2n) is 9.26. The Labute approximate surface area is 196 Å². The second kappa shape index (κ2) is 9.26. The van der Waals surface area contributed by atoms with Crippen LogP contribution in [0.3, 0.4) is 0 Å². The van der Waals surface area contributed by atoms with Crippen LogP contribution in [0.25, 0.3) is 5.65 Å². The minimum absolute atomic E-state index is 0.104. The van der Waals surface area contributed by atoms with Gasteiger partial charge in [-0.05, 0) is 56.3 Å². The van der Waals surface area contributed by atoms with Gasteiger partial charge in [-0.25, -0.2) is 0 Å². The summed E-state index contributed by atoms with van der Waals surface area (Å²) in [7, 11) is 0. The van der Waals surface area contributed by atoms with E-state index in [1.807, 2.05) is 23.2 Å². The quantitative estimate of drug-likeness (QED) is 0.553. The second-order valence-corrected chi connectivity index (χ2v) is 9.26. The van der Waals surface area contributed by atoms with Crippen LogP contribution in [0.2, 0.25) is 0 Å². The van der Waals surface area contributed by atoms with E-state index >= 15 is 0 Å². The van der Waals surface area contributed by atoms with Crippen molar-refractivity contribution in [1.29, 1.82) is 5.26 Å². The van der Waals surface area contributed by atoms with Gasteiger partial charge in [-0.2, -0.15) is 18.4 Å². The van der Waals surface area contributed by atoms with E-state index in [9.17, 15) is 18.4 Å². The van der Waals surface area contributed by atoms with Crippen LogP contribution in [0, 0.1) is 17.2 Å². The van der Waals surface area contributed by atoms with Crippen molar-refractivity contribution in [1.82, 2.24) is 19.5 Å². The normalized spacial score (nSPS) is 18.9. The summed E-state index contributed by atoms with van der Waals surface area (Å²) in [6.45, 7) is 2.88. The number of rotatable bonds is 4. The predicted molar refractivity (Wildman–Crippen MR) is 122 cm³/mol. The number of fused-ring (bicyclic) bond motifs is 1. The highest BCUT2D eigenvalue weighted by Gasteiger charge is 2.41. The molecule has 4 heterocycles. The first-order chi connectivity index (χ1) is 16.4. The van der Waals surface area contributed by atoms with E-state index in [-0.39, 0.29) is 12.8 Å². The van der Waals surface area contributed by atoms with Crippen molar-refractivity contribution in [2.24, 2.45) is 5.92 Å². The molecule has 2 aromatic heterocycles. The van der Waals surface area contributed by atoms with Crippen LogP contribution in [0.4, 0.5) is 18.9 Å². The van der Waals surface area contributed by atoms with Gasteiger partial charge in [0, 0.05) is 19.3 Å². The van der Waals surface area contributed by atoms with Crippen LogP contribution in [0.15, 0.2) is 42.6 Å². The highest BCUT2D eigenvalue weighted by Crippen LogP contribution is 2.35. The molecule has 1 aromatic carbocycles. The minimum Gasteiger partial charge on any atom is -0.370 e. The molecule has 2 fully saturated rings. The van der Waals surface area contributed by atoms with Gasteiger partial charge >= 0.3 is 6.18 Å². The average Bonchev–Trinajstić information content (AvgIpc) is 3.26. The zero-order valence-electron chi connectivity index (χ0n) is 18.9. The molecule has 2 saturated heterocycles. The highest BCUT2D eigenvalue weighted by molar-refractivity contribution is 5.71. The molecule has 0 unspecified atom stereocenters. The predicted octanol–water partition coefficient (Wildman–Crippen LogP) is 4.76. The molecule has 3 aromatic rings. The van der Waals surface area contributed by atoms with Crippen LogP contribution in [-0.4, -0.2) is 51.9 Å². The SMILES string of the molecule is N#Cc1c(N2CCC(c3ccccc3)CC2)ccn2c(CN3CCC(C(F)(F)F)CC3)nnc12. The molecule has 0 bridgehead atoms. The standard InChI is InChI=1S/C25H27F3N6/c26-25(27,28)20-8-11-32(12-9-20)17-23-30-31-24-21(16-29)22(10-15-34(23)24)33-13-6-19(7-14-33)18-4-2-1-3-5-18/h1-5,10,15,19-20H,6-9,11-14,17H2. The molecule has 0 saturated carbocycles. The summed E-state index contributed by atoms with van der Waals surface area (Å²) in [5.41, 5.74) is 3.23. The number of anilines is 1. The largest absolute Gasteiger partial charge is 0.391 e. The lowest BCUT2D eigenvalue weighted by atomic mass is 9.89. The molecule has 0 radical (unpaired) electrons. The monoisotopic (exact) mass is 468 g/mol. The average molecular weight is 469 g/mol. The summed E-state index contributed by atoms with van der Waals surface area (Å²) < 4.78 is 40.7. The topological polar surface area (TPSA) is 60.5 Å². The molecule has 0 N–H and O–H groups in total. The smallest absolute Gasteiger partial charge is 0.370 e. The maximum absolute atomic E-state index is 13.0. The lowest BCUT2D eigenvalue weighted by molar-refractivity contribution is -0.185. The van der Waals surface area contributed by atoms with E-state index in [1.165, 1.54) is 5.56 Å². The summed E-state index contributed by atoms with van der Waals surface area (Å²) >= 11 is 0. The number of nitrogens with zero attached hydrogens (tertiary/aromatic N) is 6. The third-order valence-electron chi connectivity index (χ3n) is 7.26. The Hall–Kier alpha value is -3.12. The number of halogens is 3. The van der Waals surface area contributed by atoms with E-state index in [0.29, 0.717) is 42.6 Å². The summed E-state index contributed by atoms with van der Waals surface area (Å²) in [4.78, 5) is 4.22. The summed E-state index contributed by atoms with van der Waals surface area (Å²) in [6.07, 6.45) is 0.00516. The van der Waals surface area contributed by atoms with Crippen LogP contribution in [0.5, 0.6) is 0 Å². The first kappa shape index (κ1) is 22.7. The lowest BCUT2D eigenvalue weighted by Gasteiger charge is -2.34. The number of hydrogen-bond acceptors (Lipinski definition) is 5. The van der Waals surface area contributed by atoms with Crippen molar-refractivity contribution in [3.05, 3.63) is 59.5 Å². The van der Waals surface area contributed by atoms with Crippen molar-refractivity contribution in [2.45, 2.75) is 44.3 Å². The number of hydrogen-bond donors (Lipinski definition) is 0. The zero-order valence-corrected chi connectivity index (χ0v) is 18.9. The van der Waals surface area contributed by atoms with E-state index in [1.54, 1.807) is 4.40 Å². The van der Waals surface area contributed by atoms with E-state index < -0.39 is 12.1 Å². The Kier molecular flexibility index (Phi) is 6.17. The number of pyridine rings is 1. The van der Waals surface area contributed by atoms with Gasteiger partial charge in [-0.15, -0.1) is 10.2 Å². The molecular weight excluding hydrogens is 441 g/mol. The summed E-state index contributed by atoms with van der Waals surface area (Å²) in [6, 6.07) is 14.8. The number of aromatic nitrogens is 3. The van der Waals surface area contributed by atoms with Crippen molar-refractivity contribution < 1.29 is 13.2 Å². The van der Waals surface area contributed by atoms with Gasteiger partial charge in [0.2, 0.25) is 0 Å². The first-order valence-electron chi connectivity index (χ1n) is 11.8.